The third-order valence-electron chi connectivity index (χ3n) is 12.2. The quantitative estimate of drug-likeness (QED) is 0.236. The highest BCUT2D eigenvalue weighted by molar-refractivity contribution is 6.74. The van der Waals surface area contributed by atoms with E-state index in [0.29, 0.717) is 29.9 Å². The van der Waals surface area contributed by atoms with Crippen LogP contribution in [0.1, 0.15) is 93.6 Å². The van der Waals surface area contributed by atoms with Gasteiger partial charge in [-0.25, -0.2) is 4.79 Å². The molecular formula is C38H54ClNO5Si. The molecule has 4 aliphatic rings. The molecule has 6 atom stereocenters. The molecule has 1 spiro atoms. The zero-order valence-corrected chi connectivity index (χ0v) is 30.5. The van der Waals surface area contributed by atoms with Crippen LogP contribution in [0.25, 0.3) is 0 Å². The molecule has 6 rings (SSSR count). The van der Waals surface area contributed by atoms with E-state index in [1.807, 2.05) is 24.3 Å². The Hall–Kier alpha value is -2.06. The molecule has 8 heteroatoms. The van der Waals surface area contributed by atoms with Gasteiger partial charge in [0.1, 0.15) is 5.75 Å². The van der Waals surface area contributed by atoms with Crippen LogP contribution in [-0.2, 0) is 21.0 Å². The number of fused-ring (bicyclic) bond motifs is 3. The van der Waals surface area contributed by atoms with Gasteiger partial charge in [-0.05, 0) is 129 Å². The van der Waals surface area contributed by atoms with Crippen LogP contribution in [0.5, 0.6) is 5.75 Å². The van der Waals surface area contributed by atoms with Crippen LogP contribution >= 0.6 is 11.6 Å². The van der Waals surface area contributed by atoms with Gasteiger partial charge in [0.2, 0.25) is 0 Å². The van der Waals surface area contributed by atoms with Crippen LogP contribution in [0.3, 0.4) is 0 Å². The highest BCUT2D eigenvalue weighted by Crippen LogP contribution is 2.50. The lowest BCUT2D eigenvalue weighted by Crippen LogP contribution is -2.54. The van der Waals surface area contributed by atoms with Crippen molar-refractivity contribution < 1.29 is 23.8 Å². The summed E-state index contributed by atoms with van der Waals surface area (Å²) in [6.45, 7) is 14.0. The predicted molar refractivity (Wildman–Crippen MR) is 188 cm³/mol. The maximum absolute atomic E-state index is 12.7. The van der Waals surface area contributed by atoms with Gasteiger partial charge in [-0.2, -0.15) is 0 Å². The number of ether oxygens (including phenoxy) is 2. The molecule has 0 amide bonds. The monoisotopic (exact) mass is 667 g/mol. The number of carbonyl (C=O) groups excluding carboxylic acids is 1. The highest BCUT2D eigenvalue weighted by atomic mass is 35.5. The third-order valence-corrected chi connectivity index (χ3v) is 16.9. The number of anilines is 1. The summed E-state index contributed by atoms with van der Waals surface area (Å²) in [5, 5.41) is 11.6. The second kappa shape index (κ2) is 13.1. The molecule has 3 aliphatic carbocycles. The summed E-state index contributed by atoms with van der Waals surface area (Å²) in [5.41, 5.74) is 4.01. The van der Waals surface area contributed by atoms with Crippen molar-refractivity contribution in [1.29, 1.82) is 0 Å². The maximum Gasteiger partial charge on any atom is 0.337 e. The third kappa shape index (κ3) is 6.63. The normalized spacial score (nSPS) is 28.7. The molecule has 1 unspecified atom stereocenters. The molecule has 1 aliphatic heterocycles. The van der Waals surface area contributed by atoms with E-state index in [9.17, 15) is 9.90 Å². The Kier molecular flexibility index (Phi) is 9.63. The number of halogens is 1. The average Bonchev–Trinajstić information content (AvgIpc) is 3.14. The lowest BCUT2D eigenvalue weighted by atomic mass is 9.65. The number of hydrogen-bond donors (Lipinski definition) is 1. The maximum atomic E-state index is 12.7. The van der Waals surface area contributed by atoms with Crippen molar-refractivity contribution in [2.45, 2.75) is 114 Å². The topological polar surface area (TPSA) is 68.2 Å². The van der Waals surface area contributed by atoms with Crippen molar-refractivity contribution in [3.8, 4) is 5.75 Å². The summed E-state index contributed by atoms with van der Waals surface area (Å²) in [4.78, 5) is 15.2. The van der Waals surface area contributed by atoms with E-state index in [0.717, 1.165) is 87.3 Å². The summed E-state index contributed by atoms with van der Waals surface area (Å²) in [6.07, 6.45) is 9.34. The second-order valence-corrected chi connectivity index (χ2v) is 21.4. The average molecular weight is 668 g/mol. The van der Waals surface area contributed by atoms with Crippen LogP contribution in [-0.4, -0.2) is 58.4 Å². The van der Waals surface area contributed by atoms with Gasteiger partial charge in [0.15, 0.2) is 8.32 Å². The van der Waals surface area contributed by atoms with Gasteiger partial charge in [-0.15, -0.1) is 0 Å². The fraction of sp³-hybridized carbons (Fsp3) is 0.658. The number of methoxy groups -OCH3 is 1. The SMILES string of the molecule is COC(=O)c1ccc2c(c1)N(C[C@@H]1CC[C@H]1[C@H](O[Si](C)(C)C(C)(C)C)[C@@H]1CCC[C@@H](O)C1)CC1(CCCc3cc(Cl)ccc31)CO2. The summed E-state index contributed by atoms with van der Waals surface area (Å²) >= 11 is 6.48. The molecule has 1 N–H and O–H groups in total. The lowest BCUT2D eigenvalue weighted by Gasteiger charge is -2.52. The minimum absolute atomic E-state index is 0.118. The molecule has 0 bridgehead atoms. The Morgan fingerprint density at radius 2 is 1.93 bits per heavy atom. The van der Waals surface area contributed by atoms with Gasteiger partial charge in [0.05, 0.1) is 37.2 Å². The van der Waals surface area contributed by atoms with Crippen molar-refractivity contribution in [3.63, 3.8) is 0 Å². The fourth-order valence-electron chi connectivity index (χ4n) is 8.45. The first-order chi connectivity index (χ1) is 21.8. The molecule has 2 aromatic rings. The largest absolute Gasteiger partial charge is 0.490 e. The molecule has 2 aromatic carbocycles. The summed E-state index contributed by atoms with van der Waals surface area (Å²) in [7, 11) is -0.609. The van der Waals surface area contributed by atoms with Gasteiger partial charge in [-0.3, -0.25) is 0 Å². The first kappa shape index (κ1) is 33.8. The highest BCUT2D eigenvalue weighted by Gasteiger charge is 2.49. The van der Waals surface area contributed by atoms with E-state index in [2.05, 4.69) is 50.9 Å². The number of benzene rings is 2. The zero-order chi connectivity index (χ0) is 32.9. The minimum Gasteiger partial charge on any atom is -0.490 e. The summed E-state index contributed by atoms with van der Waals surface area (Å²) < 4.78 is 19.2. The van der Waals surface area contributed by atoms with E-state index < -0.39 is 8.32 Å². The lowest BCUT2D eigenvalue weighted by molar-refractivity contribution is -0.0409. The van der Waals surface area contributed by atoms with Gasteiger partial charge in [-0.1, -0.05) is 44.9 Å². The van der Waals surface area contributed by atoms with E-state index in [-0.39, 0.29) is 28.6 Å². The molecule has 0 radical (unpaired) electrons. The van der Waals surface area contributed by atoms with Gasteiger partial charge in [0.25, 0.3) is 0 Å². The second-order valence-electron chi connectivity index (χ2n) is 16.2. The molecule has 1 heterocycles. The van der Waals surface area contributed by atoms with Crippen molar-refractivity contribution in [2.75, 3.05) is 31.7 Å². The summed E-state index contributed by atoms with van der Waals surface area (Å²) in [6, 6.07) is 12.1. The number of hydrogen-bond acceptors (Lipinski definition) is 6. The number of carbonyl (C=O) groups is 1. The van der Waals surface area contributed by atoms with E-state index in [1.165, 1.54) is 18.2 Å². The smallest absolute Gasteiger partial charge is 0.337 e. The first-order valence-electron chi connectivity index (χ1n) is 17.6. The Labute approximate surface area is 282 Å². The van der Waals surface area contributed by atoms with Crippen LogP contribution in [0.2, 0.25) is 23.2 Å². The van der Waals surface area contributed by atoms with Crippen LogP contribution < -0.4 is 9.64 Å². The molecular weight excluding hydrogens is 614 g/mol. The molecule has 252 valence electrons. The Morgan fingerprint density at radius 3 is 2.63 bits per heavy atom. The number of aryl methyl sites for hydroxylation is 1. The number of rotatable bonds is 7. The Balaban J connectivity index is 1.35. The van der Waals surface area contributed by atoms with Crippen molar-refractivity contribution >= 4 is 31.6 Å². The molecule has 2 saturated carbocycles. The first-order valence-corrected chi connectivity index (χ1v) is 20.8. The molecule has 0 saturated heterocycles. The summed E-state index contributed by atoms with van der Waals surface area (Å²) in [5.74, 6) is 1.77. The Morgan fingerprint density at radius 1 is 1.13 bits per heavy atom. The van der Waals surface area contributed by atoms with Crippen molar-refractivity contribution in [1.82, 2.24) is 0 Å². The van der Waals surface area contributed by atoms with Crippen LogP contribution in [0.15, 0.2) is 36.4 Å². The predicted octanol–water partition coefficient (Wildman–Crippen LogP) is 8.57. The van der Waals surface area contributed by atoms with Crippen LogP contribution in [0, 0.1) is 17.8 Å². The van der Waals surface area contributed by atoms with E-state index in [4.69, 9.17) is 25.5 Å². The number of esters is 1. The molecule has 46 heavy (non-hydrogen) atoms. The number of aliphatic hydroxyl groups is 1. The molecule has 0 aromatic heterocycles. The number of nitrogens with zero attached hydrogens (tertiary/aromatic N) is 1. The van der Waals surface area contributed by atoms with Gasteiger partial charge >= 0.3 is 5.97 Å². The standard InChI is InChI=1S/C38H54ClNO5Si/c1-37(2,3)46(5,6)45-35(26-9-7-11-30(41)20-26)31-15-12-28(31)22-40-23-38(18-8-10-25-19-29(39)14-16-32(25)38)24-44-34-17-13-27(21-33(34)40)36(42)43-4/h13-14,16-17,19,21,26,28,30-31,35,41H,7-12,15,18,20,22-24H2,1-6H3/t26-,28+,30-,31-,35-,38?/m1/s1. The van der Waals surface area contributed by atoms with E-state index in [1.54, 1.807) is 0 Å². The van der Waals surface area contributed by atoms with Crippen molar-refractivity contribution in [3.05, 3.63) is 58.1 Å². The van der Waals surface area contributed by atoms with Gasteiger partial charge < -0.3 is 23.9 Å². The Bertz CT molecular complexity index is 1420. The molecule has 2 fully saturated rings. The zero-order valence-electron chi connectivity index (χ0n) is 28.7. The number of aliphatic hydroxyl groups excluding tert-OH is 1. The van der Waals surface area contributed by atoms with Crippen molar-refractivity contribution in [2.24, 2.45) is 17.8 Å². The molecule has 6 nitrogen and oxygen atoms in total. The van der Waals surface area contributed by atoms with E-state index >= 15 is 0 Å². The van der Waals surface area contributed by atoms with Gasteiger partial charge in [0, 0.05) is 23.5 Å². The fourth-order valence-corrected chi connectivity index (χ4v) is 10.0. The minimum atomic E-state index is -2.04. The van der Waals surface area contributed by atoms with Crippen LogP contribution in [0.4, 0.5) is 5.69 Å².